The molecule has 0 spiro atoms. The molecule has 25 heavy (non-hydrogen) atoms. The number of pyridine rings is 1. The Hall–Kier alpha value is -2.76. The lowest BCUT2D eigenvalue weighted by atomic mass is 10.1. The van der Waals surface area contributed by atoms with Gasteiger partial charge in [0.05, 0.1) is 20.8 Å². The van der Waals surface area contributed by atoms with E-state index in [9.17, 15) is 4.79 Å². The van der Waals surface area contributed by atoms with Crippen LogP contribution in [0.25, 0.3) is 0 Å². The topological polar surface area (TPSA) is 63.7 Å². The van der Waals surface area contributed by atoms with Gasteiger partial charge < -0.3 is 19.7 Å². The van der Waals surface area contributed by atoms with Gasteiger partial charge in [0.25, 0.3) is 0 Å². The van der Waals surface area contributed by atoms with Gasteiger partial charge in [-0.05, 0) is 37.0 Å². The number of ether oxygens (including phenoxy) is 2. The van der Waals surface area contributed by atoms with Gasteiger partial charge in [0.15, 0.2) is 0 Å². The molecule has 1 amide bonds. The number of aryl methyl sites for hydroxylation is 1. The molecule has 1 aromatic heterocycles. The highest BCUT2D eigenvalue weighted by Crippen LogP contribution is 2.27. The molecular weight excluding hydrogens is 318 g/mol. The fourth-order valence-electron chi connectivity index (χ4n) is 3.08. The fraction of sp³-hybridized carbons (Fsp3) is 0.368. The monoisotopic (exact) mass is 341 g/mol. The number of hydrogen-bond donors (Lipinski definition) is 1. The molecule has 0 aliphatic carbocycles. The van der Waals surface area contributed by atoms with Crippen LogP contribution in [0.2, 0.25) is 0 Å². The third-order valence-corrected chi connectivity index (χ3v) is 4.30. The SMILES string of the molecule is COc1ccc(NC(=O)CN2CCCCc3ccccc32)c(OC)n1. The number of nitrogens with one attached hydrogen (secondary N) is 1. The predicted octanol–water partition coefficient (Wildman–Crippen LogP) is 2.88. The Labute approximate surface area is 147 Å². The molecule has 132 valence electrons. The van der Waals surface area contributed by atoms with Crippen molar-refractivity contribution in [2.45, 2.75) is 19.3 Å². The summed E-state index contributed by atoms with van der Waals surface area (Å²) in [6.45, 7) is 1.18. The quantitative estimate of drug-likeness (QED) is 0.906. The van der Waals surface area contributed by atoms with Crippen LogP contribution in [0.15, 0.2) is 36.4 Å². The average Bonchev–Trinajstić information content (AvgIpc) is 2.84. The Balaban J connectivity index is 1.73. The number of carbonyl (C=O) groups excluding carboxylic acids is 1. The first-order valence-corrected chi connectivity index (χ1v) is 8.43. The number of anilines is 2. The molecule has 0 unspecified atom stereocenters. The van der Waals surface area contributed by atoms with Crippen LogP contribution in [0, 0.1) is 0 Å². The third-order valence-electron chi connectivity index (χ3n) is 4.30. The maximum atomic E-state index is 12.6. The van der Waals surface area contributed by atoms with Crippen LogP contribution >= 0.6 is 0 Å². The van der Waals surface area contributed by atoms with Gasteiger partial charge in [0.2, 0.25) is 17.7 Å². The lowest BCUT2D eigenvalue weighted by Gasteiger charge is -2.24. The third kappa shape index (κ3) is 4.02. The Morgan fingerprint density at radius 3 is 2.80 bits per heavy atom. The summed E-state index contributed by atoms with van der Waals surface area (Å²) in [7, 11) is 3.05. The van der Waals surface area contributed by atoms with E-state index in [-0.39, 0.29) is 5.91 Å². The molecule has 0 atom stereocenters. The molecule has 0 radical (unpaired) electrons. The highest BCUT2D eigenvalue weighted by Gasteiger charge is 2.18. The van der Waals surface area contributed by atoms with Gasteiger partial charge in [0.1, 0.15) is 5.69 Å². The van der Waals surface area contributed by atoms with Crippen molar-refractivity contribution in [1.29, 1.82) is 0 Å². The Morgan fingerprint density at radius 2 is 2.00 bits per heavy atom. The second-order valence-electron chi connectivity index (χ2n) is 5.97. The van der Waals surface area contributed by atoms with E-state index in [0.29, 0.717) is 24.0 Å². The molecule has 1 N–H and O–H groups in total. The van der Waals surface area contributed by atoms with Crippen LogP contribution in [0.5, 0.6) is 11.8 Å². The van der Waals surface area contributed by atoms with Crippen LogP contribution in [0.3, 0.4) is 0 Å². The molecule has 1 aliphatic rings. The summed E-state index contributed by atoms with van der Waals surface area (Å²) < 4.78 is 10.3. The van der Waals surface area contributed by atoms with E-state index >= 15 is 0 Å². The number of carbonyl (C=O) groups is 1. The second-order valence-corrected chi connectivity index (χ2v) is 5.97. The van der Waals surface area contributed by atoms with Gasteiger partial charge in [-0.25, -0.2) is 0 Å². The van der Waals surface area contributed by atoms with E-state index in [1.165, 1.54) is 19.8 Å². The van der Waals surface area contributed by atoms with Crippen LogP contribution < -0.4 is 19.7 Å². The molecular formula is C19H23N3O3. The van der Waals surface area contributed by atoms with Crippen LogP contribution in [0.4, 0.5) is 11.4 Å². The van der Waals surface area contributed by atoms with Gasteiger partial charge in [0, 0.05) is 18.3 Å². The van der Waals surface area contributed by atoms with Crippen LogP contribution in [-0.4, -0.2) is 38.2 Å². The minimum atomic E-state index is -0.0954. The van der Waals surface area contributed by atoms with E-state index < -0.39 is 0 Å². The number of benzene rings is 1. The normalized spacial score (nSPS) is 13.6. The van der Waals surface area contributed by atoms with Crippen molar-refractivity contribution in [3.63, 3.8) is 0 Å². The summed E-state index contributed by atoms with van der Waals surface area (Å²) in [6.07, 6.45) is 3.28. The molecule has 0 saturated carbocycles. The van der Waals surface area contributed by atoms with Gasteiger partial charge in [-0.2, -0.15) is 4.98 Å². The zero-order chi connectivity index (χ0) is 17.6. The predicted molar refractivity (Wildman–Crippen MR) is 97.6 cm³/mol. The number of aromatic nitrogens is 1. The largest absolute Gasteiger partial charge is 0.481 e. The number of amides is 1. The van der Waals surface area contributed by atoms with Crippen molar-refractivity contribution in [1.82, 2.24) is 4.98 Å². The number of hydrogen-bond acceptors (Lipinski definition) is 5. The zero-order valence-electron chi connectivity index (χ0n) is 14.6. The summed E-state index contributed by atoms with van der Waals surface area (Å²) >= 11 is 0. The van der Waals surface area contributed by atoms with E-state index in [4.69, 9.17) is 9.47 Å². The Kier molecular flexibility index (Phi) is 5.38. The van der Waals surface area contributed by atoms with Crippen molar-refractivity contribution in [2.24, 2.45) is 0 Å². The summed E-state index contributed by atoms with van der Waals surface area (Å²) in [4.78, 5) is 18.9. The first-order chi connectivity index (χ1) is 12.2. The molecule has 1 aromatic carbocycles. The minimum Gasteiger partial charge on any atom is -0.481 e. The maximum absolute atomic E-state index is 12.6. The lowest BCUT2D eigenvalue weighted by Crippen LogP contribution is -2.34. The molecule has 3 rings (SSSR count). The number of nitrogens with zero attached hydrogens (tertiary/aromatic N) is 2. The highest BCUT2D eigenvalue weighted by molar-refractivity contribution is 5.95. The summed E-state index contributed by atoms with van der Waals surface area (Å²) in [6, 6.07) is 11.7. The highest BCUT2D eigenvalue weighted by atomic mass is 16.5. The van der Waals surface area contributed by atoms with Crippen molar-refractivity contribution in [2.75, 3.05) is 37.5 Å². The molecule has 6 nitrogen and oxygen atoms in total. The number of fused-ring (bicyclic) bond motifs is 1. The first-order valence-electron chi connectivity index (χ1n) is 8.43. The van der Waals surface area contributed by atoms with E-state index in [1.807, 2.05) is 6.07 Å². The van der Waals surface area contributed by atoms with Crippen molar-refractivity contribution < 1.29 is 14.3 Å². The summed E-state index contributed by atoms with van der Waals surface area (Å²) in [5.74, 6) is 0.683. The molecule has 2 heterocycles. The molecule has 2 aromatic rings. The Bertz CT molecular complexity index is 748. The number of methoxy groups -OCH3 is 2. The maximum Gasteiger partial charge on any atom is 0.244 e. The number of para-hydroxylation sites is 1. The zero-order valence-corrected chi connectivity index (χ0v) is 14.6. The van der Waals surface area contributed by atoms with Gasteiger partial charge >= 0.3 is 0 Å². The first kappa shape index (κ1) is 17.1. The van der Waals surface area contributed by atoms with Gasteiger partial charge in [-0.1, -0.05) is 18.2 Å². The van der Waals surface area contributed by atoms with E-state index in [0.717, 1.165) is 31.5 Å². The van der Waals surface area contributed by atoms with E-state index in [2.05, 4.69) is 33.4 Å². The van der Waals surface area contributed by atoms with Crippen molar-refractivity contribution in [3.8, 4) is 11.8 Å². The fourth-order valence-corrected chi connectivity index (χ4v) is 3.08. The minimum absolute atomic E-state index is 0.0954. The Morgan fingerprint density at radius 1 is 1.16 bits per heavy atom. The smallest absolute Gasteiger partial charge is 0.244 e. The van der Waals surface area contributed by atoms with Crippen LogP contribution in [-0.2, 0) is 11.2 Å². The molecule has 0 fully saturated rings. The second kappa shape index (κ2) is 7.88. The lowest BCUT2D eigenvalue weighted by molar-refractivity contribution is -0.115. The molecule has 6 heteroatoms. The molecule has 0 saturated heterocycles. The molecule has 1 aliphatic heterocycles. The standard InChI is InChI=1S/C19H23N3O3/c1-24-18-11-10-15(19(21-18)25-2)20-17(23)13-22-12-6-5-8-14-7-3-4-9-16(14)22/h3-4,7,9-11H,5-6,8,12-13H2,1-2H3,(H,20,23). The summed E-state index contributed by atoms with van der Waals surface area (Å²) in [5, 5.41) is 2.89. The van der Waals surface area contributed by atoms with Crippen molar-refractivity contribution >= 4 is 17.3 Å². The number of rotatable bonds is 5. The van der Waals surface area contributed by atoms with Gasteiger partial charge in [-0.15, -0.1) is 0 Å². The van der Waals surface area contributed by atoms with Crippen molar-refractivity contribution in [3.05, 3.63) is 42.0 Å². The van der Waals surface area contributed by atoms with E-state index in [1.54, 1.807) is 12.1 Å². The summed E-state index contributed by atoms with van der Waals surface area (Å²) in [5.41, 5.74) is 2.99. The van der Waals surface area contributed by atoms with Crippen LogP contribution in [0.1, 0.15) is 18.4 Å². The average molecular weight is 341 g/mol. The molecule has 0 bridgehead atoms. The van der Waals surface area contributed by atoms with Gasteiger partial charge in [-0.3, -0.25) is 4.79 Å².